The molecule has 2 nitrogen and oxygen atoms in total. The number of rotatable bonds is 16. The Labute approximate surface area is 121 Å². The van der Waals surface area contributed by atoms with Gasteiger partial charge in [-0.05, 0) is 13.3 Å². The molecule has 0 unspecified atom stereocenters. The molecule has 0 aromatic carbocycles. The normalized spacial score (nSPS) is 11.1. The molecule has 0 heterocycles. The van der Waals surface area contributed by atoms with Crippen molar-refractivity contribution in [2.24, 2.45) is 0 Å². The molecular weight excluding hydrogens is 236 g/mol. The third kappa shape index (κ3) is 17.9. The Morgan fingerprint density at radius 1 is 0.474 bits per heavy atom. The highest BCUT2D eigenvalue weighted by Crippen LogP contribution is 2.12. The van der Waals surface area contributed by atoms with Crippen LogP contribution in [0, 0.1) is 0 Å². The van der Waals surface area contributed by atoms with E-state index in [0.717, 1.165) is 13.0 Å². The molecule has 0 fully saturated rings. The molecule has 0 radical (unpaired) electrons. The summed E-state index contributed by atoms with van der Waals surface area (Å²) in [6.07, 6.45) is 18.0. The summed E-state index contributed by atoms with van der Waals surface area (Å²) in [6, 6.07) is 0. The van der Waals surface area contributed by atoms with Crippen molar-refractivity contribution in [3.63, 3.8) is 0 Å². The van der Waals surface area contributed by atoms with E-state index in [1.54, 1.807) is 0 Å². The van der Waals surface area contributed by atoms with Crippen LogP contribution in [0.1, 0.15) is 97.3 Å². The van der Waals surface area contributed by atoms with Gasteiger partial charge in [-0.15, -0.1) is 0 Å². The van der Waals surface area contributed by atoms with Crippen LogP contribution in [0.25, 0.3) is 0 Å². The molecule has 0 rings (SSSR count). The Morgan fingerprint density at radius 3 is 1.32 bits per heavy atom. The van der Waals surface area contributed by atoms with E-state index >= 15 is 0 Å². The Morgan fingerprint density at radius 2 is 0.895 bits per heavy atom. The zero-order chi connectivity index (χ0) is 14.0. The van der Waals surface area contributed by atoms with Gasteiger partial charge in [0.05, 0.1) is 13.2 Å². The smallest absolute Gasteiger partial charge is 0.0822 e. The van der Waals surface area contributed by atoms with Gasteiger partial charge in [0.2, 0.25) is 0 Å². The van der Waals surface area contributed by atoms with Crippen molar-refractivity contribution >= 4 is 0 Å². The first-order valence-electron chi connectivity index (χ1n) is 8.66. The van der Waals surface area contributed by atoms with E-state index in [0.29, 0.717) is 6.61 Å². The molecule has 0 aliphatic rings. The predicted octanol–water partition coefficient (Wildman–Crippen LogP) is 6.05. The second-order valence-electron chi connectivity index (χ2n) is 5.47. The maximum atomic E-state index is 4.98. The Hall–Kier alpha value is -0.0800. The van der Waals surface area contributed by atoms with Gasteiger partial charge in [-0.25, -0.2) is 9.78 Å². The lowest BCUT2D eigenvalue weighted by molar-refractivity contribution is -0.291. The first kappa shape index (κ1) is 18.9. The summed E-state index contributed by atoms with van der Waals surface area (Å²) in [5, 5.41) is 0. The summed E-state index contributed by atoms with van der Waals surface area (Å²) in [7, 11) is 0. The molecule has 0 saturated heterocycles. The topological polar surface area (TPSA) is 18.5 Å². The van der Waals surface area contributed by atoms with Gasteiger partial charge in [-0.2, -0.15) is 0 Å². The highest BCUT2D eigenvalue weighted by molar-refractivity contribution is 4.48. The molecule has 19 heavy (non-hydrogen) atoms. The minimum atomic E-state index is 0.651. The second-order valence-corrected chi connectivity index (χ2v) is 5.47. The predicted molar refractivity (Wildman–Crippen MR) is 83.3 cm³/mol. The van der Waals surface area contributed by atoms with E-state index in [1.165, 1.54) is 77.0 Å². The minimum Gasteiger partial charge on any atom is -0.237 e. The SMILES string of the molecule is CCCCCCCCCCCCCCCOOCC. The number of hydrogen-bond acceptors (Lipinski definition) is 2. The van der Waals surface area contributed by atoms with Gasteiger partial charge < -0.3 is 0 Å². The zero-order valence-corrected chi connectivity index (χ0v) is 13.4. The van der Waals surface area contributed by atoms with E-state index in [4.69, 9.17) is 9.78 Å². The Kier molecular flexibility index (Phi) is 17.8. The van der Waals surface area contributed by atoms with Gasteiger partial charge in [-0.3, -0.25) is 0 Å². The summed E-state index contributed by atoms with van der Waals surface area (Å²) >= 11 is 0. The Bertz CT molecular complexity index is 132. The van der Waals surface area contributed by atoms with Crippen LogP contribution in [-0.2, 0) is 9.78 Å². The van der Waals surface area contributed by atoms with Crippen LogP contribution in [0.4, 0.5) is 0 Å². The van der Waals surface area contributed by atoms with Crippen LogP contribution in [0.15, 0.2) is 0 Å². The fourth-order valence-electron chi connectivity index (χ4n) is 2.32. The summed E-state index contributed by atoms with van der Waals surface area (Å²) in [4.78, 5) is 9.82. The molecule has 0 N–H and O–H groups in total. The van der Waals surface area contributed by atoms with Crippen molar-refractivity contribution in [3.05, 3.63) is 0 Å². The van der Waals surface area contributed by atoms with E-state index in [2.05, 4.69) is 6.92 Å². The molecule has 0 saturated carbocycles. The molecule has 0 bridgehead atoms. The van der Waals surface area contributed by atoms with Crippen LogP contribution in [-0.4, -0.2) is 13.2 Å². The van der Waals surface area contributed by atoms with Gasteiger partial charge in [0.15, 0.2) is 0 Å². The zero-order valence-electron chi connectivity index (χ0n) is 13.4. The van der Waals surface area contributed by atoms with Crippen LogP contribution < -0.4 is 0 Å². The van der Waals surface area contributed by atoms with Gasteiger partial charge in [0, 0.05) is 0 Å². The van der Waals surface area contributed by atoms with Crippen LogP contribution in [0.3, 0.4) is 0 Å². The quantitative estimate of drug-likeness (QED) is 0.193. The molecule has 0 amide bonds. The largest absolute Gasteiger partial charge is 0.237 e. The van der Waals surface area contributed by atoms with Gasteiger partial charge in [0.1, 0.15) is 0 Å². The maximum absolute atomic E-state index is 4.98. The van der Waals surface area contributed by atoms with Crippen molar-refractivity contribution in [3.8, 4) is 0 Å². The van der Waals surface area contributed by atoms with Crippen LogP contribution >= 0.6 is 0 Å². The van der Waals surface area contributed by atoms with E-state index in [9.17, 15) is 0 Å². The van der Waals surface area contributed by atoms with Gasteiger partial charge in [0.25, 0.3) is 0 Å². The second kappa shape index (κ2) is 17.9. The third-order valence-corrected chi connectivity index (χ3v) is 3.53. The number of unbranched alkanes of at least 4 members (excludes halogenated alkanes) is 12. The lowest BCUT2D eigenvalue weighted by Crippen LogP contribution is -1.95. The average molecular weight is 272 g/mol. The van der Waals surface area contributed by atoms with E-state index in [1.807, 2.05) is 6.92 Å². The molecule has 0 spiro atoms. The lowest BCUT2D eigenvalue weighted by atomic mass is 10.0. The van der Waals surface area contributed by atoms with Crippen molar-refractivity contribution in [2.75, 3.05) is 13.2 Å². The molecule has 0 aliphatic carbocycles. The number of hydrogen-bond donors (Lipinski definition) is 0. The van der Waals surface area contributed by atoms with Crippen molar-refractivity contribution < 1.29 is 9.78 Å². The van der Waals surface area contributed by atoms with E-state index in [-0.39, 0.29) is 0 Å². The highest BCUT2D eigenvalue weighted by Gasteiger charge is 1.94. The monoisotopic (exact) mass is 272 g/mol. The summed E-state index contributed by atoms with van der Waals surface area (Å²) < 4.78 is 0. The van der Waals surface area contributed by atoms with Gasteiger partial charge in [-0.1, -0.05) is 84.0 Å². The molecule has 0 aromatic heterocycles. The van der Waals surface area contributed by atoms with Crippen molar-refractivity contribution in [1.29, 1.82) is 0 Å². The van der Waals surface area contributed by atoms with Crippen LogP contribution in [0.5, 0.6) is 0 Å². The molecule has 0 aromatic rings. The highest BCUT2D eigenvalue weighted by atomic mass is 17.2. The van der Waals surface area contributed by atoms with E-state index < -0.39 is 0 Å². The van der Waals surface area contributed by atoms with Crippen LogP contribution in [0.2, 0.25) is 0 Å². The molecule has 0 atom stereocenters. The fraction of sp³-hybridized carbons (Fsp3) is 1.00. The molecule has 116 valence electrons. The van der Waals surface area contributed by atoms with Gasteiger partial charge >= 0.3 is 0 Å². The maximum Gasteiger partial charge on any atom is 0.0822 e. The Balaban J connectivity index is 2.88. The third-order valence-electron chi connectivity index (χ3n) is 3.53. The molecule has 0 aliphatic heterocycles. The van der Waals surface area contributed by atoms with Crippen molar-refractivity contribution in [1.82, 2.24) is 0 Å². The first-order valence-corrected chi connectivity index (χ1v) is 8.66. The summed E-state index contributed by atoms with van der Waals surface area (Å²) in [5.74, 6) is 0. The standard InChI is InChI=1S/C17H36O2/c1-3-5-6-7-8-9-10-11-12-13-14-15-16-17-19-18-4-2/h3-17H2,1-2H3. The van der Waals surface area contributed by atoms with Crippen molar-refractivity contribution in [2.45, 2.75) is 97.3 Å². The average Bonchev–Trinajstić information content (AvgIpc) is 2.43. The first-order chi connectivity index (χ1) is 9.41. The summed E-state index contributed by atoms with van der Waals surface area (Å²) in [6.45, 7) is 5.64. The lowest BCUT2D eigenvalue weighted by Gasteiger charge is -2.03. The molecular formula is C17H36O2. The fourth-order valence-corrected chi connectivity index (χ4v) is 2.32. The summed E-state index contributed by atoms with van der Waals surface area (Å²) in [5.41, 5.74) is 0. The minimum absolute atomic E-state index is 0.651. The molecule has 2 heteroatoms.